The first-order chi connectivity index (χ1) is 15.9. The van der Waals surface area contributed by atoms with Crippen LogP contribution in [0.1, 0.15) is 12.0 Å². The van der Waals surface area contributed by atoms with Crippen molar-refractivity contribution in [3.8, 4) is 22.9 Å². The Bertz CT molecular complexity index is 1190. The lowest BCUT2D eigenvalue weighted by Gasteiger charge is -2.22. The monoisotopic (exact) mass is 444 g/mol. The minimum Gasteiger partial charge on any atom is -0.410 e. The zero-order valence-corrected chi connectivity index (χ0v) is 18.6. The van der Waals surface area contributed by atoms with Crippen molar-refractivity contribution < 1.29 is 13.9 Å². The fourth-order valence-corrected chi connectivity index (χ4v) is 3.96. The van der Waals surface area contributed by atoms with Crippen LogP contribution in [0.3, 0.4) is 0 Å². The standard InChI is InChI=1S/C26H25FN4O2/c1-30(2)22-12-13-31(17-22)25-11-8-21(15-24(25)27)29-26(32)33-23-9-6-19(7-10-23)20-5-3-4-18(14-20)16-28/h3-11,14-15,22H,12-13,17H2,1-2H3,(H,29,32)/t22-/m1/s1. The summed E-state index contributed by atoms with van der Waals surface area (Å²) in [6, 6.07) is 21.4. The zero-order chi connectivity index (χ0) is 23.4. The van der Waals surface area contributed by atoms with Gasteiger partial charge in [0.2, 0.25) is 0 Å². The molecule has 1 amide bonds. The minimum atomic E-state index is -0.699. The highest BCUT2D eigenvalue weighted by Crippen LogP contribution is 2.28. The maximum atomic E-state index is 14.7. The molecule has 33 heavy (non-hydrogen) atoms. The van der Waals surface area contributed by atoms with Gasteiger partial charge in [-0.1, -0.05) is 24.3 Å². The largest absolute Gasteiger partial charge is 0.417 e. The number of carbonyl (C=O) groups is 1. The minimum absolute atomic E-state index is 0.328. The van der Waals surface area contributed by atoms with E-state index in [1.165, 1.54) is 6.07 Å². The van der Waals surface area contributed by atoms with Crippen LogP contribution in [0, 0.1) is 17.1 Å². The highest BCUT2D eigenvalue weighted by atomic mass is 19.1. The van der Waals surface area contributed by atoms with Gasteiger partial charge in [0.05, 0.1) is 17.3 Å². The lowest BCUT2D eigenvalue weighted by atomic mass is 10.0. The number of benzene rings is 3. The molecule has 0 unspecified atom stereocenters. The fraction of sp³-hybridized carbons (Fsp3) is 0.231. The maximum absolute atomic E-state index is 14.7. The molecule has 1 fully saturated rings. The Labute approximate surface area is 192 Å². The molecule has 1 saturated heterocycles. The summed E-state index contributed by atoms with van der Waals surface area (Å²) in [4.78, 5) is 16.5. The third-order valence-corrected chi connectivity index (χ3v) is 5.82. The van der Waals surface area contributed by atoms with Crippen LogP contribution in [0.5, 0.6) is 5.75 Å². The topological polar surface area (TPSA) is 68.6 Å². The normalized spacial score (nSPS) is 15.4. The second-order valence-corrected chi connectivity index (χ2v) is 8.25. The zero-order valence-electron chi connectivity index (χ0n) is 18.6. The molecule has 3 aromatic rings. The number of nitrogens with zero attached hydrogens (tertiary/aromatic N) is 3. The first-order valence-corrected chi connectivity index (χ1v) is 10.7. The molecular weight excluding hydrogens is 419 g/mol. The number of halogens is 1. The van der Waals surface area contributed by atoms with E-state index in [-0.39, 0.29) is 5.82 Å². The number of hydrogen-bond donors (Lipinski definition) is 1. The Morgan fingerprint density at radius 1 is 1.12 bits per heavy atom. The summed E-state index contributed by atoms with van der Waals surface area (Å²) in [5.41, 5.74) is 3.24. The molecule has 3 aromatic carbocycles. The van der Waals surface area contributed by atoms with E-state index in [2.05, 4.69) is 16.3 Å². The predicted molar refractivity (Wildman–Crippen MR) is 127 cm³/mol. The van der Waals surface area contributed by atoms with E-state index in [1.54, 1.807) is 36.4 Å². The van der Waals surface area contributed by atoms with E-state index >= 15 is 0 Å². The molecule has 168 valence electrons. The average Bonchev–Trinajstić information content (AvgIpc) is 3.30. The number of carbonyl (C=O) groups excluding carboxylic acids is 1. The van der Waals surface area contributed by atoms with E-state index in [0.717, 1.165) is 30.6 Å². The second-order valence-electron chi connectivity index (χ2n) is 8.25. The van der Waals surface area contributed by atoms with Crippen molar-refractivity contribution in [3.63, 3.8) is 0 Å². The molecular formula is C26H25FN4O2. The third-order valence-electron chi connectivity index (χ3n) is 5.82. The SMILES string of the molecule is CN(C)[C@@H]1CCN(c2ccc(NC(=O)Oc3ccc(-c4cccc(C#N)c4)cc3)cc2F)C1. The van der Waals surface area contributed by atoms with E-state index in [1.807, 2.05) is 43.3 Å². The van der Waals surface area contributed by atoms with Crippen LogP contribution < -0.4 is 15.0 Å². The Hall–Kier alpha value is -3.89. The lowest BCUT2D eigenvalue weighted by molar-refractivity contribution is 0.215. The summed E-state index contributed by atoms with van der Waals surface area (Å²) >= 11 is 0. The smallest absolute Gasteiger partial charge is 0.410 e. The molecule has 4 rings (SSSR count). The lowest BCUT2D eigenvalue weighted by Crippen LogP contribution is -2.31. The summed E-state index contributed by atoms with van der Waals surface area (Å²) < 4.78 is 20.0. The Morgan fingerprint density at radius 3 is 2.58 bits per heavy atom. The van der Waals surface area contributed by atoms with Crippen LogP contribution in [-0.4, -0.2) is 44.2 Å². The molecule has 1 aliphatic rings. The van der Waals surface area contributed by atoms with Gasteiger partial charge in [0, 0.05) is 24.8 Å². The van der Waals surface area contributed by atoms with Crippen molar-refractivity contribution in [1.29, 1.82) is 5.26 Å². The number of ether oxygens (including phenoxy) is 1. The van der Waals surface area contributed by atoms with Crippen molar-refractivity contribution >= 4 is 17.5 Å². The van der Waals surface area contributed by atoms with Gasteiger partial charge in [0.25, 0.3) is 0 Å². The predicted octanol–water partition coefficient (Wildman–Crippen LogP) is 5.12. The number of hydrogen-bond acceptors (Lipinski definition) is 5. The Morgan fingerprint density at radius 2 is 1.91 bits per heavy atom. The molecule has 1 atom stereocenters. The summed E-state index contributed by atoms with van der Waals surface area (Å²) in [5.74, 6) is -0.0206. The van der Waals surface area contributed by atoms with Crippen molar-refractivity contribution in [3.05, 3.63) is 78.1 Å². The number of rotatable bonds is 5. The van der Waals surface area contributed by atoms with Crippen LogP contribution in [0.15, 0.2) is 66.7 Å². The van der Waals surface area contributed by atoms with Crippen LogP contribution >= 0.6 is 0 Å². The molecule has 0 aromatic heterocycles. The Kier molecular flexibility index (Phi) is 6.57. The average molecular weight is 445 g/mol. The van der Waals surface area contributed by atoms with Gasteiger partial charge in [-0.25, -0.2) is 9.18 Å². The van der Waals surface area contributed by atoms with E-state index in [0.29, 0.717) is 28.7 Å². The molecule has 0 saturated carbocycles. The van der Waals surface area contributed by atoms with Crippen LogP contribution in [0.25, 0.3) is 11.1 Å². The van der Waals surface area contributed by atoms with E-state index in [9.17, 15) is 9.18 Å². The molecule has 0 spiro atoms. The maximum Gasteiger partial charge on any atom is 0.417 e. The van der Waals surface area contributed by atoms with E-state index < -0.39 is 6.09 Å². The first-order valence-electron chi connectivity index (χ1n) is 10.7. The van der Waals surface area contributed by atoms with Crippen molar-refractivity contribution in [2.45, 2.75) is 12.5 Å². The first kappa shape index (κ1) is 22.3. The number of nitrogens with one attached hydrogen (secondary N) is 1. The van der Waals surface area contributed by atoms with Gasteiger partial charge >= 0.3 is 6.09 Å². The molecule has 1 aliphatic heterocycles. The second kappa shape index (κ2) is 9.72. The van der Waals surface area contributed by atoms with Crippen LogP contribution in [0.2, 0.25) is 0 Å². The van der Waals surface area contributed by atoms with Crippen molar-refractivity contribution in [2.24, 2.45) is 0 Å². The summed E-state index contributed by atoms with van der Waals surface area (Å²) in [6.45, 7) is 1.57. The van der Waals surface area contributed by atoms with Gasteiger partial charge in [-0.3, -0.25) is 5.32 Å². The quantitative estimate of drug-likeness (QED) is 0.592. The molecule has 7 heteroatoms. The summed E-state index contributed by atoms with van der Waals surface area (Å²) in [7, 11) is 4.06. The van der Waals surface area contributed by atoms with Gasteiger partial charge in [-0.05, 0) is 74.1 Å². The highest BCUT2D eigenvalue weighted by Gasteiger charge is 2.25. The van der Waals surface area contributed by atoms with Gasteiger partial charge in [0.15, 0.2) is 0 Å². The number of anilines is 2. The highest BCUT2D eigenvalue weighted by molar-refractivity contribution is 5.86. The number of amides is 1. The Balaban J connectivity index is 1.37. The molecule has 1 heterocycles. The number of likely N-dealkylation sites (N-methyl/N-ethyl adjacent to an activating group) is 1. The van der Waals surface area contributed by atoms with Crippen molar-refractivity contribution in [1.82, 2.24) is 4.90 Å². The molecule has 0 bridgehead atoms. The van der Waals surface area contributed by atoms with Gasteiger partial charge in [0.1, 0.15) is 11.6 Å². The third kappa shape index (κ3) is 5.30. The molecule has 1 N–H and O–H groups in total. The van der Waals surface area contributed by atoms with Gasteiger partial charge in [-0.2, -0.15) is 5.26 Å². The fourth-order valence-electron chi connectivity index (χ4n) is 3.96. The van der Waals surface area contributed by atoms with E-state index in [4.69, 9.17) is 10.00 Å². The van der Waals surface area contributed by atoms with Gasteiger partial charge in [-0.15, -0.1) is 0 Å². The van der Waals surface area contributed by atoms with Crippen molar-refractivity contribution in [2.75, 3.05) is 37.4 Å². The molecule has 6 nitrogen and oxygen atoms in total. The molecule has 0 radical (unpaired) electrons. The van der Waals surface area contributed by atoms with Crippen LogP contribution in [0.4, 0.5) is 20.6 Å². The van der Waals surface area contributed by atoms with Crippen LogP contribution in [-0.2, 0) is 0 Å². The van der Waals surface area contributed by atoms with Gasteiger partial charge < -0.3 is 14.5 Å². The molecule has 0 aliphatic carbocycles. The summed E-state index contributed by atoms with van der Waals surface area (Å²) in [5, 5.41) is 11.6. The summed E-state index contributed by atoms with van der Waals surface area (Å²) in [6.07, 6.45) is 0.289. The number of nitriles is 1.